The van der Waals surface area contributed by atoms with E-state index in [0.29, 0.717) is 17.6 Å². The number of para-hydroxylation sites is 1. The highest BCUT2D eigenvalue weighted by atomic mass is 16.3. The Balaban J connectivity index is 2.10. The van der Waals surface area contributed by atoms with Gasteiger partial charge in [-0.2, -0.15) is 0 Å². The molecule has 0 saturated carbocycles. The molecule has 1 aromatic heterocycles. The lowest BCUT2D eigenvalue weighted by atomic mass is 9.73. The number of carbonyl (C=O) groups is 4. The SMILES string of the molecule is CC(C)CN(C[C@H](O)[C@@H](Cc1ccccc1)C(CC(N)=O)(NC(=O)c1ccc2ccccc2n1)C(N)=O)C(=O)NC(C)(C)C. The fourth-order valence-electron chi connectivity index (χ4n) is 5.27. The quantitative estimate of drug-likeness (QED) is 0.200. The second kappa shape index (κ2) is 14.3. The Labute approximate surface area is 258 Å². The van der Waals surface area contributed by atoms with Gasteiger partial charge in [0.15, 0.2) is 0 Å². The summed E-state index contributed by atoms with van der Waals surface area (Å²) in [5.41, 5.74) is 10.2. The third-order valence-electron chi connectivity index (χ3n) is 7.22. The number of nitrogens with one attached hydrogen (secondary N) is 2. The topological polar surface area (TPSA) is 181 Å². The Morgan fingerprint density at radius 1 is 0.886 bits per heavy atom. The lowest BCUT2D eigenvalue weighted by Crippen LogP contribution is -2.67. The molecule has 236 valence electrons. The van der Waals surface area contributed by atoms with E-state index in [1.165, 1.54) is 11.0 Å². The summed E-state index contributed by atoms with van der Waals surface area (Å²) in [6.07, 6.45) is -2.08. The molecule has 0 aliphatic carbocycles. The van der Waals surface area contributed by atoms with Gasteiger partial charge >= 0.3 is 6.03 Å². The number of hydrogen-bond acceptors (Lipinski definition) is 6. The smallest absolute Gasteiger partial charge is 0.317 e. The second-order valence-electron chi connectivity index (χ2n) is 12.7. The van der Waals surface area contributed by atoms with Gasteiger partial charge in [-0.3, -0.25) is 14.4 Å². The van der Waals surface area contributed by atoms with E-state index in [4.69, 9.17) is 11.5 Å². The Morgan fingerprint density at radius 2 is 1.52 bits per heavy atom. The number of carbonyl (C=O) groups excluding carboxylic acids is 4. The molecule has 3 rings (SSSR count). The van der Waals surface area contributed by atoms with Crippen LogP contribution in [-0.2, 0) is 16.0 Å². The number of aromatic nitrogens is 1. The molecule has 44 heavy (non-hydrogen) atoms. The van der Waals surface area contributed by atoms with Crippen LogP contribution in [0.15, 0.2) is 66.7 Å². The monoisotopic (exact) mass is 604 g/mol. The van der Waals surface area contributed by atoms with Crippen molar-refractivity contribution in [3.63, 3.8) is 0 Å². The molecule has 3 aromatic rings. The average molecular weight is 605 g/mol. The van der Waals surface area contributed by atoms with E-state index in [1.54, 1.807) is 42.5 Å². The Hall–Kier alpha value is -4.51. The Kier molecular flexibility index (Phi) is 11.1. The first kappa shape index (κ1) is 34.0. The van der Waals surface area contributed by atoms with Crippen molar-refractivity contribution in [2.45, 2.75) is 64.6 Å². The fraction of sp³-hybridized carbons (Fsp3) is 0.424. The van der Waals surface area contributed by atoms with Crippen molar-refractivity contribution in [1.29, 1.82) is 0 Å². The predicted octanol–water partition coefficient (Wildman–Crippen LogP) is 2.75. The van der Waals surface area contributed by atoms with E-state index in [2.05, 4.69) is 15.6 Å². The van der Waals surface area contributed by atoms with E-state index < -0.39 is 53.3 Å². The highest BCUT2D eigenvalue weighted by Gasteiger charge is 2.50. The van der Waals surface area contributed by atoms with Gasteiger partial charge in [0.25, 0.3) is 5.91 Å². The van der Waals surface area contributed by atoms with Crippen molar-refractivity contribution >= 4 is 34.7 Å². The lowest BCUT2D eigenvalue weighted by molar-refractivity contribution is -0.134. The van der Waals surface area contributed by atoms with Gasteiger partial charge in [0.2, 0.25) is 11.8 Å². The molecule has 3 atom stereocenters. The summed E-state index contributed by atoms with van der Waals surface area (Å²) in [4.78, 5) is 58.8. The summed E-state index contributed by atoms with van der Waals surface area (Å²) in [6, 6.07) is 19.0. The summed E-state index contributed by atoms with van der Waals surface area (Å²) in [5, 5.41) is 18.3. The minimum absolute atomic E-state index is 0.0160. The van der Waals surface area contributed by atoms with E-state index in [9.17, 15) is 24.3 Å². The number of amides is 5. The van der Waals surface area contributed by atoms with Gasteiger partial charge in [-0.1, -0.05) is 68.4 Å². The molecular formula is C33H44N6O5. The van der Waals surface area contributed by atoms with E-state index in [-0.39, 0.29) is 24.6 Å². The van der Waals surface area contributed by atoms with Crippen molar-refractivity contribution in [2.24, 2.45) is 23.3 Å². The first-order chi connectivity index (χ1) is 20.6. The Bertz CT molecular complexity index is 1470. The molecule has 1 unspecified atom stereocenters. The van der Waals surface area contributed by atoms with Crippen molar-refractivity contribution < 1.29 is 24.3 Å². The van der Waals surface area contributed by atoms with Crippen LogP contribution in [-0.4, -0.2) is 69.0 Å². The van der Waals surface area contributed by atoms with Gasteiger partial charge in [-0.25, -0.2) is 9.78 Å². The molecule has 0 radical (unpaired) electrons. The number of hydrogen-bond donors (Lipinski definition) is 5. The number of urea groups is 1. The maximum Gasteiger partial charge on any atom is 0.317 e. The highest BCUT2D eigenvalue weighted by Crippen LogP contribution is 2.30. The lowest BCUT2D eigenvalue weighted by Gasteiger charge is -2.42. The van der Waals surface area contributed by atoms with Crippen LogP contribution >= 0.6 is 0 Å². The molecule has 0 spiro atoms. The Morgan fingerprint density at radius 3 is 2.11 bits per heavy atom. The van der Waals surface area contributed by atoms with Crippen LogP contribution in [0, 0.1) is 11.8 Å². The van der Waals surface area contributed by atoms with Gasteiger partial charge in [-0.15, -0.1) is 0 Å². The summed E-state index contributed by atoms with van der Waals surface area (Å²) in [6.45, 7) is 9.47. The number of rotatable bonds is 13. The van der Waals surface area contributed by atoms with Gasteiger partial charge in [-0.05, 0) is 50.8 Å². The largest absolute Gasteiger partial charge is 0.391 e. The fourth-order valence-corrected chi connectivity index (χ4v) is 5.27. The zero-order valence-corrected chi connectivity index (χ0v) is 26.0. The van der Waals surface area contributed by atoms with Gasteiger partial charge in [0, 0.05) is 29.9 Å². The zero-order chi connectivity index (χ0) is 32.7. The second-order valence-corrected chi connectivity index (χ2v) is 12.7. The van der Waals surface area contributed by atoms with Crippen LogP contribution in [0.2, 0.25) is 0 Å². The van der Waals surface area contributed by atoms with Crippen LogP contribution in [0.5, 0.6) is 0 Å². The summed E-state index contributed by atoms with van der Waals surface area (Å²) in [5.74, 6) is -3.86. The van der Waals surface area contributed by atoms with Crippen molar-refractivity contribution in [3.8, 4) is 0 Å². The first-order valence-electron chi connectivity index (χ1n) is 14.7. The summed E-state index contributed by atoms with van der Waals surface area (Å²) >= 11 is 0. The maximum atomic E-state index is 13.7. The number of pyridine rings is 1. The molecule has 1 heterocycles. The molecule has 0 fully saturated rings. The van der Waals surface area contributed by atoms with Crippen LogP contribution in [0.1, 0.15) is 57.1 Å². The third-order valence-corrected chi connectivity index (χ3v) is 7.22. The number of fused-ring (bicyclic) bond motifs is 1. The van der Waals surface area contributed by atoms with Gasteiger partial charge in [0.05, 0.1) is 18.0 Å². The standard InChI is InChI=1S/C33H44N6O5/c1-21(2)19-39(31(44)38-32(3,4)5)20-27(40)24(17-22-11-7-6-8-12-22)33(30(35)43,18-28(34)41)37-29(42)26-16-15-23-13-9-10-14-25(23)36-26/h6-16,21,24,27,40H,17-20H2,1-5H3,(H2,34,41)(H2,35,43)(H,37,42)(H,38,44)/t24-,27+,33?/m1/s1. The number of primary amides is 2. The number of nitrogens with zero attached hydrogens (tertiary/aromatic N) is 2. The molecule has 11 nitrogen and oxygen atoms in total. The normalized spacial score (nSPS) is 14.3. The molecule has 2 aromatic carbocycles. The van der Waals surface area contributed by atoms with Crippen molar-refractivity contribution in [1.82, 2.24) is 20.5 Å². The molecule has 7 N–H and O–H groups in total. The van der Waals surface area contributed by atoms with Gasteiger partial charge < -0.3 is 32.1 Å². The predicted molar refractivity (Wildman–Crippen MR) is 169 cm³/mol. The van der Waals surface area contributed by atoms with Gasteiger partial charge in [0.1, 0.15) is 11.2 Å². The van der Waals surface area contributed by atoms with Crippen LogP contribution < -0.4 is 22.1 Å². The number of aliphatic hydroxyl groups excluding tert-OH is 1. The number of benzene rings is 2. The highest BCUT2D eigenvalue weighted by molar-refractivity contribution is 6.01. The summed E-state index contributed by atoms with van der Waals surface area (Å²) in [7, 11) is 0. The zero-order valence-electron chi connectivity index (χ0n) is 26.0. The van der Waals surface area contributed by atoms with E-state index in [1.807, 2.05) is 52.8 Å². The number of nitrogens with two attached hydrogens (primary N) is 2. The molecule has 0 aliphatic heterocycles. The average Bonchev–Trinajstić information content (AvgIpc) is 2.93. The first-order valence-corrected chi connectivity index (χ1v) is 14.7. The van der Waals surface area contributed by atoms with Crippen molar-refractivity contribution in [3.05, 3.63) is 78.0 Å². The minimum Gasteiger partial charge on any atom is -0.391 e. The molecule has 0 saturated heterocycles. The van der Waals surface area contributed by atoms with E-state index >= 15 is 0 Å². The number of aliphatic hydroxyl groups is 1. The molecule has 0 aliphatic rings. The van der Waals surface area contributed by atoms with E-state index in [0.717, 1.165) is 5.39 Å². The van der Waals surface area contributed by atoms with Crippen LogP contribution in [0.4, 0.5) is 4.79 Å². The van der Waals surface area contributed by atoms with Crippen molar-refractivity contribution in [2.75, 3.05) is 13.1 Å². The van der Waals surface area contributed by atoms with Crippen LogP contribution in [0.3, 0.4) is 0 Å². The maximum absolute atomic E-state index is 13.7. The third kappa shape index (κ3) is 9.00. The summed E-state index contributed by atoms with van der Waals surface area (Å²) < 4.78 is 0. The molecule has 0 bridgehead atoms. The van der Waals surface area contributed by atoms with Crippen LogP contribution in [0.25, 0.3) is 10.9 Å². The minimum atomic E-state index is -2.13. The molecule has 5 amide bonds. The molecule has 11 heteroatoms. The molecular weight excluding hydrogens is 560 g/mol.